The highest BCUT2D eigenvalue weighted by Gasteiger charge is 2.16. The lowest BCUT2D eigenvalue weighted by Gasteiger charge is -2.12. The number of benzene rings is 2. The first-order chi connectivity index (χ1) is 12.8. The zero-order chi connectivity index (χ0) is 19.7. The van der Waals surface area contributed by atoms with Gasteiger partial charge in [-0.2, -0.15) is 0 Å². The maximum Gasteiger partial charge on any atom is 0.414 e. The van der Waals surface area contributed by atoms with Crippen LogP contribution in [0.2, 0.25) is 0 Å². The number of rotatable bonds is 3. The Labute approximate surface area is 155 Å². The summed E-state index contributed by atoms with van der Waals surface area (Å²) >= 11 is 0. The summed E-state index contributed by atoms with van der Waals surface area (Å²) in [7, 11) is 3.13. The van der Waals surface area contributed by atoms with E-state index in [9.17, 15) is 14.0 Å². The molecule has 0 fully saturated rings. The second-order valence-electron chi connectivity index (χ2n) is 6.41. The molecule has 0 spiro atoms. The van der Waals surface area contributed by atoms with Crippen LogP contribution in [0.3, 0.4) is 0 Å². The van der Waals surface area contributed by atoms with Crippen molar-refractivity contribution in [3.8, 4) is 5.75 Å². The molecule has 0 aliphatic rings. The third-order valence-electron chi connectivity index (χ3n) is 4.30. The molecule has 0 saturated heterocycles. The Balaban J connectivity index is 2.02. The van der Waals surface area contributed by atoms with E-state index in [-0.39, 0.29) is 17.9 Å². The molecule has 0 unspecified atom stereocenters. The number of halogens is 1. The predicted octanol–water partition coefficient (Wildman–Crippen LogP) is 3.47. The molecule has 0 radical (unpaired) electrons. The Morgan fingerprint density at radius 2 is 2.00 bits per heavy atom. The molecule has 140 valence electrons. The number of hydrogen-bond donors (Lipinski definition) is 1. The van der Waals surface area contributed by atoms with Crippen molar-refractivity contribution in [3.63, 3.8) is 0 Å². The number of nitrogens with two attached hydrogens (primary N) is 1. The van der Waals surface area contributed by atoms with Crippen LogP contribution in [0.4, 0.5) is 14.9 Å². The van der Waals surface area contributed by atoms with Gasteiger partial charge in [-0.1, -0.05) is 12.1 Å². The van der Waals surface area contributed by atoms with Crippen molar-refractivity contribution in [2.75, 3.05) is 19.8 Å². The van der Waals surface area contributed by atoms with Crippen molar-refractivity contribution in [2.24, 2.45) is 0 Å². The highest BCUT2D eigenvalue weighted by Crippen LogP contribution is 2.26. The molecule has 3 rings (SSSR count). The average molecular weight is 370 g/mol. The summed E-state index contributed by atoms with van der Waals surface area (Å²) in [5.41, 5.74) is 6.69. The molecular formula is C20H19FN2O4. The third kappa shape index (κ3) is 3.62. The van der Waals surface area contributed by atoms with E-state index in [4.69, 9.17) is 14.9 Å². The fourth-order valence-corrected chi connectivity index (χ4v) is 2.76. The van der Waals surface area contributed by atoms with Gasteiger partial charge in [-0.05, 0) is 36.2 Å². The van der Waals surface area contributed by atoms with Gasteiger partial charge in [0.25, 0.3) is 0 Å². The van der Waals surface area contributed by atoms with E-state index in [0.717, 1.165) is 0 Å². The maximum absolute atomic E-state index is 14.2. The van der Waals surface area contributed by atoms with Gasteiger partial charge in [0.2, 0.25) is 0 Å². The van der Waals surface area contributed by atoms with E-state index >= 15 is 0 Å². The molecule has 0 bridgehead atoms. The zero-order valence-electron chi connectivity index (χ0n) is 15.2. The molecule has 27 heavy (non-hydrogen) atoms. The van der Waals surface area contributed by atoms with Crippen LogP contribution in [-0.4, -0.2) is 25.1 Å². The third-order valence-corrected chi connectivity index (χ3v) is 4.30. The zero-order valence-corrected chi connectivity index (χ0v) is 15.2. The second kappa shape index (κ2) is 7.11. The van der Waals surface area contributed by atoms with Crippen LogP contribution in [0.15, 0.2) is 45.6 Å². The lowest BCUT2D eigenvalue weighted by molar-refractivity contribution is 0.172. The summed E-state index contributed by atoms with van der Waals surface area (Å²) in [6, 6.07) is 9.48. The van der Waals surface area contributed by atoms with Gasteiger partial charge in [-0.3, -0.25) is 0 Å². The topological polar surface area (TPSA) is 85.8 Å². The van der Waals surface area contributed by atoms with E-state index < -0.39 is 17.5 Å². The number of carbonyl (C=O) groups excluding carboxylic acids is 1. The fourth-order valence-electron chi connectivity index (χ4n) is 2.76. The van der Waals surface area contributed by atoms with Crippen molar-refractivity contribution in [1.82, 2.24) is 4.90 Å². The van der Waals surface area contributed by atoms with E-state index in [0.29, 0.717) is 27.7 Å². The van der Waals surface area contributed by atoms with Crippen LogP contribution in [0.25, 0.3) is 11.0 Å². The fraction of sp³-hybridized carbons (Fsp3) is 0.200. The van der Waals surface area contributed by atoms with Crippen molar-refractivity contribution >= 4 is 22.7 Å². The molecule has 0 saturated carbocycles. The van der Waals surface area contributed by atoms with Gasteiger partial charge in [0, 0.05) is 37.5 Å². The monoisotopic (exact) mass is 370 g/mol. The van der Waals surface area contributed by atoms with E-state index in [1.807, 2.05) is 0 Å². The lowest BCUT2D eigenvalue weighted by Crippen LogP contribution is -2.25. The minimum atomic E-state index is -0.571. The van der Waals surface area contributed by atoms with Gasteiger partial charge in [0.15, 0.2) is 0 Å². The summed E-state index contributed by atoms with van der Waals surface area (Å²) < 4.78 is 24.8. The van der Waals surface area contributed by atoms with E-state index in [1.54, 1.807) is 45.3 Å². The number of aryl methyl sites for hydroxylation is 1. The Morgan fingerprint density at radius 1 is 1.26 bits per heavy atom. The Morgan fingerprint density at radius 3 is 2.70 bits per heavy atom. The molecule has 0 aliphatic carbocycles. The number of nitrogens with zero attached hydrogens (tertiary/aromatic N) is 1. The predicted molar refractivity (Wildman–Crippen MR) is 101 cm³/mol. The largest absolute Gasteiger partial charge is 0.422 e. The molecular weight excluding hydrogens is 351 g/mol. The minimum Gasteiger partial charge on any atom is -0.422 e. The number of amides is 1. The molecule has 0 atom stereocenters. The van der Waals surface area contributed by atoms with E-state index in [1.165, 1.54) is 17.0 Å². The van der Waals surface area contributed by atoms with Gasteiger partial charge < -0.3 is 19.8 Å². The van der Waals surface area contributed by atoms with Crippen LogP contribution >= 0.6 is 0 Å². The molecule has 2 N–H and O–H groups in total. The lowest BCUT2D eigenvalue weighted by atomic mass is 9.99. The molecule has 1 aromatic heterocycles. The number of carbonyl (C=O) groups is 1. The van der Waals surface area contributed by atoms with Gasteiger partial charge in [-0.25, -0.2) is 14.0 Å². The van der Waals surface area contributed by atoms with Crippen LogP contribution < -0.4 is 16.1 Å². The molecule has 7 heteroatoms. The average Bonchev–Trinajstić information content (AvgIpc) is 2.61. The molecule has 1 amide bonds. The highest BCUT2D eigenvalue weighted by molar-refractivity contribution is 5.83. The Bertz CT molecular complexity index is 1090. The molecule has 2 aromatic carbocycles. The smallest absolute Gasteiger partial charge is 0.414 e. The number of fused-ring (bicyclic) bond motifs is 1. The van der Waals surface area contributed by atoms with E-state index in [2.05, 4.69) is 0 Å². The molecule has 1 heterocycles. The number of anilines is 1. The first kappa shape index (κ1) is 18.4. The van der Waals surface area contributed by atoms with Crippen molar-refractivity contribution in [2.45, 2.75) is 13.3 Å². The van der Waals surface area contributed by atoms with Crippen LogP contribution in [0, 0.1) is 12.7 Å². The SMILES string of the molecule is Cc1c(Cc2cccc(N)c2F)c(=O)oc2cc(OC(=O)N(C)C)ccc12. The number of ether oxygens (including phenoxy) is 1. The summed E-state index contributed by atoms with van der Waals surface area (Å²) in [5, 5.41) is 0.679. The van der Waals surface area contributed by atoms with Crippen molar-refractivity contribution in [1.29, 1.82) is 0 Å². The highest BCUT2D eigenvalue weighted by atomic mass is 19.1. The Kier molecular flexibility index (Phi) is 4.85. The molecule has 3 aromatic rings. The van der Waals surface area contributed by atoms with Crippen molar-refractivity contribution in [3.05, 3.63) is 69.3 Å². The van der Waals surface area contributed by atoms with Gasteiger partial charge in [-0.15, -0.1) is 0 Å². The van der Waals surface area contributed by atoms with Crippen molar-refractivity contribution < 1.29 is 18.3 Å². The number of hydrogen-bond acceptors (Lipinski definition) is 5. The summed E-state index contributed by atoms with van der Waals surface area (Å²) in [5.74, 6) is -0.277. The van der Waals surface area contributed by atoms with Crippen LogP contribution in [-0.2, 0) is 6.42 Å². The maximum atomic E-state index is 14.2. The second-order valence-corrected chi connectivity index (χ2v) is 6.41. The normalized spacial score (nSPS) is 10.8. The summed E-state index contributed by atoms with van der Waals surface area (Å²) in [6.45, 7) is 1.77. The Hall–Kier alpha value is -3.35. The van der Waals surface area contributed by atoms with Crippen LogP contribution in [0.1, 0.15) is 16.7 Å². The minimum absolute atomic E-state index is 0.0303. The summed E-state index contributed by atoms with van der Waals surface area (Å²) in [4.78, 5) is 25.4. The first-order valence-corrected chi connectivity index (χ1v) is 8.26. The molecule has 0 aliphatic heterocycles. The standard InChI is InChI=1S/C20H19FN2O4/c1-11-14-8-7-13(26-20(25)23(2)3)10-17(14)27-19(24)15(11)9-12-5-4-6-16(22)18(12)21/h4-8,10H,9,22H2,1-3H3. The van der Waals surface area contributed by atoms with Crippen LogP contribution in [0.5, 0.6) is 5.75 Å². The quantitative estimate of drug-likeness (QED) is 0.564. The summed E-state index contributed by atoms with van der Waals surface area (Å²) in [6.07, 6.45) is -0.472. The first-order valence-electron chi connectivity index (χ1n) is 8.26. The van der Waals surface area contributed by atoms with Gasteiger partial charge in [0.05, 0.1) is 5.69 Å². The molecule has 6 nitrogen and oxygen atoms in total. The number of nitrogen functional groups attached to an aromatic ring is 1. The van der Waals surface area contributed by atoms with Gasteiger partial charge >= 0.3 is 11.7 Å². The van der Waals surface area contributed by atoms with Gasteiger partial charge in [0.1, 0.15) is 17.1 Å².